The van der Waals surface area contributed by atoms with E-state index in [0.29, 0.717) is 17.7 Å². The minimum Gasteiger partial charge on any atom is -0.372 e. The highest BCUT2D eigenvalue weighted by atomic mass is 19.1. The Kier molecular flexibility index (Phi) is 9.42. The summed E-state index contributed by atoms with van der Waals surface area (Å²) in [6.45, 7) is 4.45. The lowest BCUT2D eigenvalue weighted by Gasteiger charge is -2.37. The molecule has 5 rings (SSSR count). The first-order valence-corrected chi connectivity index (χ1v) is 14.7. The molecule has 4 aromatic carbocycles. The monoisotopic (exact) mass is 566 g/mol. The first-order chi connectivity index (χ1) is 20.4. The fourth-order valence-electron chi connectivity index (χ4n) is 5.92. The number of rotatable bonds is 10. The lowest BCUT2D eigenvalue weighted by molar-refractivity contribution is -0.124. The van der Waals surface area contributed by atoms with Crippen LogP contribution in [0.15, 0.2) is 97.1 Å². The summed E-state index contributed by atoms with van der Waals surface area (Å²) in [4.78, 5) is 28.7. The summed E-state index contributed by atoms with van der Waals surface area (Å²) < 4.78 is 27.9. The Balaban J connectivity index is 1.24. The van der Waals surface area contributed by atoms with Crippen LogP contribution in [0.4, 0.5) is 14.5 Å². The van der Waals surface area contributed by atoms with Gasteiger partial charge in [0.25, 0.3) is 0 Å². The molecule has 1 N–H and O–H groups in total. The van der Waals surface area contributed by atoms with E-state index in [1.807, 2.05) is 42.5 Å². The van der Waals surface area contributed by atoms with Gasteiger partial charge in [-0.2, -0.15) is 0 Å². The fourth-order valence-corrected chi connectivity index (χ4v) is 5.92. The van der Waals surface area contributed by atoms with Gasteiger partial charge in [-0.3, -0.25) is 9.59 Å². The molecule has 216 valence electrons. The van der Waals surface area contributed by atoms with Crippen LogP contribution >= 0.6 is 0 Å². The van der Waals surface area contributed by atoms with Crippen molar-refractivity contribution in [1.29, 1.82) is 0 Å². The Morgan fingerprint density at radius 2 is 1.55 bits per heavy atom. The fraction of sp³-hybridized carbons (Fsp3) is 0.278. The molecule has 4 aromatic rings. The summed E-state index contributed by atoms with van der Waals surface area (Å²) in [5, 5.41) is 3.11. The Morgan fingerprint density at radius 1 is 0.857 bits per heavy atom. The van der Waals surface area contributed by atoms with E-state index in [-0.39, 0.29) is 35.5 Å². The van der Waals surface area contributed by atoms with Crippen molar-refractivity contribution in [2.24, 2.45) is 5.92 Å². The second kappa shape index (κ2) is 13.6. The molecule has 1 aliphatic rings. The van der Waals surface area contributed by atoms with Crippen molar-refractivity contribution < 1.29 is 18.4 Å². The number of anilines is 1. The van der Waals surface area contributed by atoms with E-state index in [2.05, 4.69) is 29.3 Å². The van der Waals surface area contributed by atoms with Gasteiger partial charge in [0.2, 0.25) is 5.91 Å². The van der Waals surface area contributed by atoms with Gasteiger partial charge >= 0.3 is 0 Å². The lowest BCUT2D eigenvalue weighted by Crippen LogP contribution is -2.40. The van der Waals surface area contributed by atoms with Crippen molar-refractivity contribution in [1.82, 2.24) is 5.32 Å². The van der Waals surface area contributed by atoms with E-state index in [1.165, 1.54) is 12.1 Å². The van der Waals surface area contributed by atoms with Gasteiger partial charge in [0.05, 0.1) is 5.92 Å². The predicted octanol–water partition coefficient (Wildman–Crippen LogP) is 7.58. The third kappa shape index (κ3) is 6.76. The molecule has 0 radical (unpaired) electrons. The average Bonchev–Trinajstić information content (AvgIpc) is 3.01. The highest BCUT2D eigenvalue weighted by Gasteiger charge is 2.32. The molecule has 6 heteroatoms. The van der Waals surface area contributed by atoms with Gasteiger partial charge in [-0.05, 0) is 66.1 Å². The summed E-state index contributed by atoms with van der Waals surface area (Å²) in [5.74, 6) is -1.25. The van der Waals surface area contributed by atoms with E-state index in [9.17, 15) is 18.4 Å². The number of hydrogen-bond donors (Lipinski definition) is 1. The van der Waals surface area contributed by atoms with Crippen LogP contribution in [0, 0.1) is 17.6 Å². The molecule has 1 amide bonds. The summed E-state index contributed by atoms with van der Waals surface area (Å²) in [5.41, 5.74) is 4.09. The van der Waals surface area contributed by atoms with E-state index in [0.717, 1.165) is 55.2 Å². The number of benzene rings is 4. The molecule has 1 fully saturated rings. The SMILES string of the molecule is CCCNC(=O)C(c1ccccc1)C1CCN(c2ccc(CC(=O)c3ccccc3-c3ccc(F)cc3F)cc2)CC1. The molecule has 0 aromatic heterocycles. The summed E-state index contributed by atoms with van der Waals surface area (Å²) in [6, 6.07) is 28.4. The van der Waals surface area contributed by atoms with Gasteiger partial charge in [0, 0.05) is 48.9 Å². The van der Waals surface area contributed by atoms with E-state index in [4.69, 9.17) is 0 Å². The van der Waals surface area contributed by atoms with Crippen molar-refractivity contribution in [2.45, 2.75) is 38.5 Å². The van der Waals surface area contributed by atoms with Gasteiger partial charge in [-0.15, -0.1) is 0 Å². The minimum atomic E-state index is -0.694. The molecule has 0 spiro atoms. The first kappa shape index (κ1) is 29.2. The van der Waals surface area contributed by atoms with Crippen molar-refractivity contribution in [3.05, 3.63) is 125 Å². The predicted molar refractivity (Wildman–Crippen MR) is 164 cm³/mol. The summed E-state index contributed by atoms with van der Waals surface area (Å²) >= 11 is 0. The Morgan fingerprint density at radius 3 is 2.24 bits per heavy atom. The number of hydrogen-bond acceptors (Lipinski definition) is 3. The number of ketones is 1. The topological polar surface area (TPSA) is 49.4 Å². The molecule has 0 saturated carbocycles. The summed E-state index contributed by atoms with van der Waals surface area (Å²) in [6.07, 6.45) is 2.91. The van der Waals surface area contributed by atoms with Gasteiger partial charge in [0.15, 0.2) is 5.78 Å². The number of Topliss-reactive ketones (excluding diaryl/α,β-unsaturated/α-hetero) is 1. The number of carbonyl (C=O) groups is 2. The second-order valence-electron chi connectivity index (χ2n) is 10.9. The molecule has 1 atom stereocenters. The van der Waals surface area contributed by atoms with Crippen LogP contribution in [0.25, 0.3) is 11.1 Å². The van der Waals surface area contributed by atoms with Gasteiger partial charge < -0.3 is 10.2 Å². The smallest absolute Gasteiger partial charge is 0.227 e. The van der Waals surface area contributed by atoms with Crippen molar-refractivity contribution in [2.75, 3.05) is 24.5 Å². The standard InChI is InChI=1S/C36H36F2N2O2/c1-2-20-39-36(42)35(26-8-4-3-5-9-26)27-18-21-40(22-19-27)29-15-12-25(13-16-29)23-34(41)32-11-7-6-10-30(32)31-17-14-28(37)24-33(31)38/h3-17,24,27,35H,2,18-23H2,1H3,(H,39,42). The van der Waals surface area contributed by atoms with Crippen molar-refractivity contribution >= 4 is 17.4 Å². The van der Waals surface area contributed by atoms with Gasteiger partial charge in [0.1, 0.15) is 11.6 Å². The maximum Gasteiger partial charge on any atom is 0.227 e. The summed E-state index contributed by atoms with van der Waals surface area (Å²) in [7, 11) is 0. The van der Waals surface area contributed by atoms with Crippen molar-refractivity contribution in [3.8, 4) is 11.1 Å². The normalized spacial score (nSPS) is 14.4. The third-order valence-corrected chi connectivity index (χ3v) is 8.12. The van der Waals surface area contributed by atoms with E-state index < -0.39 is 11.6 Å². The van der Waals surface area contributed by atoms with Crippen LogP contribution in [0.3, 0.4) is 0 Å². The number of amides is 1. The molecule has 4 nitrogen and oxygen atoms in total. The Labute approximate surface area is 246 Å². The number of piperidine rings is 1. The molecule has 0 aliphatic carbocycles. The largest absolute Gasteiger partial charge is 0.372 e. The van der Waals surface area contributed by atoms with Gasteiger partial charge in [-0.25, -0.2) is 8.78 Å². The van der Waals surface area contributed by atoms with Crippen LogP contribution in [-0.2, 0) is 11.2 Å². The number of nitrogens with zero attached hydrogens (tertiary/aromatic N) is 1. The zero-order valence-corrected chi connectivity index (χ0v) is 23.9. The second-order valence-corrected chi connectivity index (χ2v) is 10.9. The molecule has 1 heterocycles. The highest BCUT2D eigenvalue weighted by molar-refractivity contribution is 6.03. The molecular formula is C36H36F2N2O2. The minimum absolute atomic E-state index is 0.110. The Hall–Kier alpha value is -4.32. The quantitative estimate of drug-likeness (QED) is 0.201. The van der Waals surface area contributed by atoms with Crippen LogP contribution < -0.4 is 10.2 Å². The number of nitrogens with one attached hydrogen (secondary N) is 1. The van der Waals surface area contributed by atoms with E-state index >= 15 is 0 Å². The Bertz CT molecular complexity index is 1510. The van der Waals surface area contributed by atoms with Crippen LogP contribution in [0.2, 0.25) is 0 Å². The van der Waals surface area contributed by atoms with Crippen LogP contribution in [0.1, 0.15) is 53.6 Å². The molecule has 1 aliphatic heterocycles. The van der Waals surface area contributed by atoms with Crippen LogP contribution in [-0.4, -0.2) is 31.3 Å². The maximum atomic E-state index is 14.5. The van der Waals surface area contributed by atoms with Crippen LogP contribution in [0.5, 0.6) is 0 Å². The molecule has 0 bridgehead atoms. The lowest BCUT2D eigenvalue weighted by atomic mass is 9.79. The zero-order chi connectivity index (χ0) is 29.5. The van der Waals surface area contributed by atoms with Gasteiger partial charge in [-0.1, -0.05) is 73.7 Å². The molecule has 1 unspecified atom stereocenters. The first-order valence-electron chi connectivity index (χ1n) is 14.7. The van der Waals surface area contributed by atoms with Crippen molar-refractivity contribution in [3.63, 3.8) is 0 Å². The molecule has 1 saturated heterocycles. The van der Waals surface area contributed by atoms with E-state index in [1.54, 1.807) is 24.3 Å². The molecular weight excluding hydrogens is 530 g/mol. The molecule has 42 heavy (non-hydrogen) atoms. The number of halogens is 2. The average molecular weight is 567 g/mol. The third-order valence-electron chi connectivity index (χ3n) is 8.12. The maximum absolute atomic E-state index is 14.5. The highest BCUT2D eigenvalue weighted by Crippen LogP contribution is 2.35. The number of carbonyl (C=O) groups excluding carboxylic acids is 2. The zero-order valence-electron chi connectivity index (χ0n) is 23.9.